The smallest absolute Gasteiger partial charge is 0.240 e. The second-order valence-corrected chi connectivity index (χ2v) is 8.29. The fraction of sp³-hybridized carbons (Fsp3) is 0.231. The molecular formula is C26H30N6O. The van der Waals surface area contributed by atoms with Crippen LogP contribution in [0.25, 0.3) is 21.7 Å². The first-order valence-electron chi connectivity index (χ1n) is 11.1. The molecule has 1 unspecified atom stereocenters. The maximum atomic E-state index is 13.4. The Morgan fingerprint density at radius 3 is 2.55 bits per heavy atom. The number of guanidine groups is 1. The van der Waals surface area contributed by atoms with Gasteiger partial charge in [-0.1, -0.05) is 54.6 Å². The van der Waals surface area contributed by atoms with Crippen molar-refractivity contribution in [1.29, 1.82) is 0 Å². The number of hydrogen-bond donors (Lipinski definition) is 4. The Kier molecular flexibility index (Phi) is 6.90. The van der Waals surface area contributed by atoms with Gasteiger partial charge in [-0.05, 0) is 46.9 Å². The summed E-state index contributed by atoms with van der Waals surface area (Å²) in [6.45, 7) is 1.40. The summed E-state index contributed by atoms with van der Waals surface area (Å²) < 4.78 is 0. The number of carbonyl (C=O) groups excluding carboxylic acids is 1. The van der Waals surface area contributed by atoms with Gasteiger partial charge >= 0.3 is 0 Å². The van der Waals surface area contributed by atoms with E-state index in [1.165, 1.54) is 5.39 Å². The van der Waals surface area contributed by atoms with Crippen LogP contribution in [0.1, 0.15) is 24.0 Å². The molecule has 4 rings (SSSR count). The highest BCUT2D eigenvalue weighted by Crippen LogP contribution is 2.22. The Bertz CT molecular complexity index is 1270. The lowest BCUT2D eigenvalue weighted by molar-refractivity contribution is -0.134. The molecule has 33 heavy (non-hydrogen) atoms. The average Bonchev–Trinajstić information content (AvgIpc) is 3.23. The second-order valence-electron chi connectivity index (χ2n) is 8.29. The molecule has 0 aliphatic rings. The molecule has 0 spiro atoms. The number of aromatic nitrogens is 1. The molecule has 0 saturated carbocycles. The number of amides is 1. The molecule has 0 bridgehead atoms. The fourth-order valence-corrected chi connectivity index (χ4v) is 4.11. The third-order valence-corrected chi connectivity index (χ3v) is 5.82. The van der Waals surface area contributed by atoms with Crippen LogP contribution in [0.3, 0.4) is 0 Å². The molecular weight excluding hydrogens is 412 g/mol. The van der Waals surface area contributed by atoms with Gasteiger partial charge in [0.2, 0.25) is 5.91 Å². The number of nitrogens with one attached hydrogen (secondary N) is 1. The van der Waals surface area contributed by atoms with Crippen LogP contribution >= 0.6 is 0 Å². The highest BCUT2D eigenvalue weighted by Gasteiger charge is 2.22. The van der Waals surface area contributed by atoms with E-state index in [0.717, 1.165) is 27.4 Å². The van der Waals surface area contributed by atoms with E-state index in [1.807, 2.05) is 41.4 Å². The molecule has 7 nitrogen and oxygen atoms in total. The van der Waals surface area contributed by atoms with Crippen molar-refractivity contribution < 1.29 is 4.79 Å². The minimum absolute atomic E-state index is 0.0483. The number of hydrogen-bond acceptors (Lipinski definition) is 3. The number of H-pyrrole nitrogens is 1. The first-order valence-corrected chi connectivity index (χ1v) is 11.1. The topological polar surface area (TPSA) is 127 Å². The summed E-state index contributed by atoms with van der Waals surface area (Å²) in [6, 6.07) is 22.0. The van der Waals surface area contributed by atoms with Crippen LogP contribution in [-0.2, 0) is 17.9 Å². The minimum atomic E-state index is -0.620. The Morgan fingerprint density at radius 2 is 1.73 bits per heavy atom. The first kappa shape index (κ1) is 22.4. The average molecular weight is 443 g/mol. The zero-order valence-electron chi connectivity index (χ0n) is 18.6. The largest absolute Gasteiger partial charge is 0.370 e. The Labute approximate surface area is 193 Å². The lowest BCUT2D eigenvalue weighted by Crippen LogP contribution is -2.43. The zero-order valence-corrected chi connectivity index (χ0v) is 18.6. The van der Waals surface area contributed by atoms with E-state index >= 15 is 0 Å². The molecule has 0 aliphatic heterocycles. The van der Waals surface area contributed by atoms with Gasteiger partial charge < -0.3 is 27.1 Å². The van der Waals surface area contributed by atoms with Gasteiger partial charge in [0.05, 0.1) is 6.04 Å². The molecule has 1 heterocycles. The molecule has 7 heteroatoms. The molecule has 170 valence electrons. The number of nitrogens with zero attached hydrogens (tertiary/aromatic N) is 2. The molecule has 1 aromatic heterocycles. The van der Waals surface area contributed by atoms with Gasteiger partial charge in [-0.2, -0.15) is 0 Å². The van der Waals surface area contributed by atoms with Crippen molar-refractivity contribution in [1.82, 2.24) is 9.88 Å². The van der Waals surface area contributed by atoms with Crippen LogP contribution < -0.4 is 17.2 Å². The van der Waals surface area contributed by atoms with Gasteiger partial charge in [-0.3, -0.25) is 9.79 Å². The predicted molar refractivity (Wildman–Crippen MR) is 134 cm³/mol. The first-order chi connectivity index (χ1) is 16.0. The quantitative estimate of drug-likeness (QED) is 0.180. The third-order valence-electron chi connectivity index (χ3n) is 5.82. The summed E-state index contributed by atoms with van der Waals surface area (Å²) in [7, 11) is 0. The van der Waals surface area contributed by atoms with Crippen LogP contribution in [-0.4, -0.2) is 34.3 Å². The SMILES string of the molecule is NC(N)=NCCCC(N)C(=O)N(Cc1ccc2ccccc2c1)Cc1c[nH]c2ccccc12. The lowest BCUT2D eigenvalue weighted by atomic mass is 10.1. The Balaban J connectivity index is 1.56. The van der Waals surface area contributed by atoms with Crippen molar-refractivity contribution in [2.45, 2.75) is 32.0 Å². The third kappa shape index (κ3) is 5.51. The van der Waals surface area contributed by atoms with Gasteiger partial charge in [0, 0.05) is 36.7 Å². The minimum Gasteiger partial charge on any atom is -0.370 e. The number of para-hydroxylation sites is 1. The number of nitrogens with two attached hydrogens (primary N) is 3. The van der Waals surface area contributed by atoms with Crippen LogP contribution in [0, 0.1) is 0 Å². The molecule has 0 saturated heterocycles. The highest BCUT2D eigenvalue weighted by atomic mass is 16.2. The summed E-state index contributed by atoms with van der Waals surface area (Å²) in [5, 5.41) is 3.43. The van der Waals surface area contributed by atoms with E-state index in [9.17, 15) is 4.79 Å². The molecule has 7 N–H and O–H groups in total. The van der Waals surface area contributed by atoms with Gasteiger partial charge in [0.25, 0.3) is 0 Å². The second kappa shape index (κ2) is 10.2. The van der Waals surface area contributed by atoms with E-state index in [0.29, 0.717) is 32.5 Å². The summed E-state index contributed by atoms with van der Waals surface area (Å²) in [5.41, 5.74) is 20.3. The van der Waals surface area contributed by atoms with E-state index in [-0.39, 0.29) is 11.9 Å². The number of fused-ring (bicyclic) bond motifs is 2. The maximum Gasteiger partial charge on any atom is 0.240 e. The molecule has 1 amide bonds. The van der Waals surface area contributed by atoms with Crippen molar-refractivity contribution in [2.75, 3.05) is 6.54 Å². The number of rotatable bonds is 9. The Hall–Kier alpha value is -3.84. The Morgan fingerprint density at radius 1 is 0.970 bits per heavy atom. The molecule has 0 aliphatic carbocycles. The summed E-state index contributed by atoms with van der Waals surface area (Å²) in [6.07, 6.45) is 3.12. The summed E-state index contributed by atoms with van der Waals surface area (Å²) in [4.78, 5) is 22.5. The normalized spacial score (nSPS) is 12.0. The van der Waals surface area contributed by atoms with Crippen LogP contribution in [0.4, 0.5) is 0 Å². The molecule has 4 aromatic rings. The summed E-state index contributed by atoms with van der Waals surface area (Å²) in [5.74, 6) is -0.0368. The number of carbonyl (C=O) groups is 1. The van der Waals surface area contributed by atoms with E-state index in [1.54, 1.807) is 0 Å². The fourth-order valence-electron chi connectivity index (χ4n) is 4.11. The van der Waals surface area contributed by atoms with E-state index in [2.05, 4.69) is 46.4 Å². The number of benzene rings is 3. The van der Waals surface area contributed by atoms with Crippen molar-refractivity contribution >= 4 is 33.5 Å². The van der Waals surface area contributed by atoms with Gasteiger partial charge in [-0.15, -0.1) is 0 Å². The van der Waals surface area contributed by atoms with Crippen LogP contribution in [0.5, 0.6) is 0 Å². The van der Waals surface area contributed by atoms with Crippen molar-refractivity contribution in [3.8, 4) is 0 Å². The number of aliphatic imine (C=N–C) groups is 1. The van der Waals surface area contributed by atoms with Gasteiger partial charge in [-0.25, -0.2) is 0 Å². The van der Waals surface area contributed by atoms with Gasteiger partial charge in [0.1, 0.15) is 0 Å². The standard InChI is InChI=1S/C26H30N6O/c27-23(9-5-13-30-26(28)29)25(33)32(17-21-15-31-24-10-4-3-8-22(21)24)16-18-11-12-19-6-1-2-7-20(19)14-18/h1-4,6-8,10-12,14-15,23,31H,5,9,13,16-17,27H2,(H4,28,29,30). The van der Waals surface area contributed by atoms with Gasteiger partial charge in [0.15, 0.2) is 5.96 Å². The van der Waals surface area contributed by atoms with Crippen LogP contribution in [0.15, 0.2) is 77.9 Å². The highest BCUT2D eigenvalue weighted by molar-refractivity contribution is 5.86. The molecule has 0 radical (unpaired) electrons. The maximum absolute atomic E-state index is 13.4. The predicted octanol–water partition coefficient (Wildman–Crippen LogP) is 3.23. The van der Waals surface area contributed by atoms with E-state index in [4.69, 9.17) is 17.2 Å². The molecule has 0 fully saturated rings. The molecule has 1 atom stereocenters. The zero-order chi connectivity index (χ0) is 23.2. The van der Waals surface area contributed by atoms with Crippen molar-refractivity contribution in [3.05, 3.63) is 84.1 Å². The lowest BCUT2D eigenvalue weighted by Gasteiger charge is -2.26. The van der Waals surface area contributed by atoms with Crippen molar-refractivity contribution in [2.24, 2.45) is 22.2 Å². The monoisotopic (exact) mass is 442 g/mol. The number of aromatic amines is 1. The van der Waals surface area contributed by atoms with E-state index < -0.39 is 6.04 Å². The van der Waals surface area contributed by atoms with Crippen LogP contribution in [0.2, 0.25) is 0 Å². The van der Waals surface area contributed by atoms with Crippen molar-refractivity contribution in [3.63, 3.8) is 0 Å². The molecule has 3 aromatic carbocycles. The summed E-state index contributed by atoms with van der Waals surface area (Å²) >= 11 is 0.